The number of carbonyl (C=O) groups is 2. The summed E-state index contributed by atoms with van der Waals surface area (Å²) >= 11 is 0. The Morgan fingerprint density at radius 3 is 2.70 bits per heavy atom. The van der Waals surface area contributed by atoms with Gasteiger partial charge in [0.2, 0.25) is 0 Å². The van der Waals surface area contributed by atoms with Gasteiger partial charge in [0.25, 0.3) is 5.91 Å². The molecule has 1 fully saturated rings. The molecule has 1 aromatic carbocycles. The number of piperidine rings is 1. The van der Waals surface area contributed by atoms with Crippen molar-refractivity contribution in [2.75, 3.05) is 20.2 Å². The van der Waals surface area contributed by atoms with Gasteiger partial charge in [-0.2, -0.15) is 0 Å². The van der Waals surface area contributed by atoms with Crippen LogP contribution in [0.4, 0.5) is 0 Å². The van der Waals surface area contributed by atoms with E-state index in [4.69, 9.17) is 4.74 Å². The summed E-state index contributed by atoms with van der Waals surface area (Å²) in [5, 5.41) is 10.4. The van der Waals surface area contributed by atoms with E-state index in [1.807, 2.05) is 25.1 Å². The zero-order chi connectivity index (χ0) is 19.8. The standard InChI is InChI=1S/C21H28N2O4/c1-5-10-23-14(2)18(16-12-15(27-4)7-8-17(16)23)19(24)22-11-6-9-21(3,13-22)20(25)26/h7-8,12H,5-6,9-11,13H2,1-4H3,(H,25,26). The normalized spacial score (nSPS) is 20.1. The van der Waals surface area contributed by atoms with Gasteiger partial charge >= 0.3 is 5.97 Å². The van der Waals surface area contributed by atoms with Crippen LogP contribution in [0.5, 0.6) is 5.75 Å². The molecular formula is C21H28N2O4. The quantitative estimate of drug-likeness (QED) is 0.869. The van der Waals surface area contributed by atoms with E-state index in [1.54, 1.807) is 18.9 Å². The predicted octanol–water partition coefficient (Wildman–Crippen LogP) is 3.70. The summed E-state index contributed by atoms with van der Waals surface area (Å²) in [5.41, 5.74) is 1.71. The van der Waals surface area contributed by atoms with Gasteiger partial charge < -0.3 is 19.3 Å². The number of carboxylic acid groups (broad SMARTS) is 1. The van der Waals surface area contributed by atoms with Crippen molar-refractivity contribution in [2.45, 2.75) is 46.6 Å². The van der Waals surface area contributed by atoms with E-state index in [2.05, 4.69) is 11.5 Å². The fraction of sp³-hybridized carbons (Fsp3) is 0.524. The molecule has 6 heteroatoms. The van der Waals surface area contributed by atoms with Gasteiger partial charge in [-0.25, -0.2) is 0 Å². The van der Waals surface area contributed by atoms with Crippen molar-refractivity contribution < 1.29 is 19.4 Å². The Labute approximate surface area is 159 Å². The molecule has 1 aliphatic rings. The molecule has 0 radical (unpaired) electrons. The Hall–Kier alpha value is -2.50. The minimum Gasteiger partial charge on any atom is -0.497 e. The Morgan fingerprint density at radius 2 is 2.07 bits per heavy atom. The largest absolute Gasteiger partial charge is 0.497 e. The molecule has 0 aliphatic carbocycles. The van der Waals surface area contributed by atoms with Crippen LogP contribution in [0.1, 0.15) is 49.2 Å². The van der Waals surface area contributed by atoms with Crippen LogP contribution < -0.4 is 4.74 Å². The van der Waals surface area contributed by atoms with Gasteiger partial charge in [-0.05, 0) is 51.3 Å². The number of fused-ring (bicyclic) bond motifs is 1. The highest BCUT2D eigenvalue weighted by Crippen LogP contribution is 2.34. The van der Waals surface area contributed by atoms with Crippen LogP contribution in [0.2, 0.25) is 0 Å². The average molecular weight is 372 g/mol. The number of ether oxygens (including phenoxy) is 1. The highest BCUT2D eigenvalue weighted by molar-refractivity contribution is 6.09. The van der Waals surface area contributed by atoms with Gasteiger partial charge in [0, 0.05) is 36.2 Å². The number of likely N-dealkylation sites (tertiary alicyclic amines) is 1. The fourth-order valence-electron chi connectivity index (χ4n) is 4.12. The number of aliphatic carboxylic acids is 1. The number of aromatic nitrogens is 1. The molecule has 1 amide bonds. The lowest BCUT2D eigenvalue weighted by Gasteiger charge is -2.37. The lowest BCUT2D eigenvalue weighted by atomic mass is 9.82. The van der Waals surface area contributed by atoms with Crippen molar-refractivity contribution in [2.24, 2.45) is 5.41 Å². The van der Waals surface area contributed by atoms with E-state index in [0.29, 0.717) is 30.7 Å². The molecule has 1 N–H and O–H groups in total. The average Bonchev–Trinajstić information content (AvgIpc) is 2.92. The number of rotatable bonds is 5. The van der Waals surface area contributed by atoms with E-state index >= 15 is 0 Å². The molecule has 0 spiro atoms. The number of carboxylic acids is 1. The SMILES string of the molecule is CCCn1c(C)c(C(=O)N2CCCC(C)(C(=O)O)C2)c2cc(OC)ccc21. The summed E-state index contributed by atoms with van der Waals surface area (Å²) in [5.74, 6) is -0.223. The summed E-state index contributed by atoms with van der Waals surface area (Å²) in [6.07, 6.45) is 2.26. The second kappa shape index (κ2) is 7.25. The van der Waals surface area contributed by atoms with Crippen molar-refractivity contribution in [1.29, 1.82) is 0 Å². The second-order valence-electron chi connectivity index (χ2n) is 7.69. The van der Waals surface area contributed by atoms with Gasteiger partial charge in [0.05, 0.1) is 18.1 Å². The third-order valence-electron chi connectivity index (χ3n) is 5.69. The minimum atomic E-state index is -0.888. The smallest absolute Gasteiger partial charge is 0.311 e. The van der Waals surface area contributed by atoms with Gasteiger partial charge in [-0.15, -0.1) is 0 Å². The number of benzene rings is 1. The molecule has 6 nitrogen and oxygen atoms in total. The minimum absolute atomic E-state index is 0.0900. The molecule has 2 aromatic rings. The maximum atomic E-state index is 13.4. The summed E-state index contributed by atoms with van der Waals surface area (Å²) in [7, 11) is 1.61. The summed E-state index contributed by atoms with van der Waals surface area (Å²) in [6.45, 7) is 7.46. The number of hydrogen-bond donors (Lipinski definition) is 1. The van der Waals surface area contributed by atoms with Crippen LogP contribution in [0, 0.1) is 12.3 Å². The van der Waals surface area contributed by atoms with Crippen LogP contribution in [-0.2, 0) is 11.3 Å². The van der Waals surface area contributed by atoms with Crippen molar-refractivity contribution in [3.63, 3.8) is 0 Å². The van der Waals surface area contributed by atoms with Crippen molar-refractivity contribution >= 4 is 22.8 Å². The van der Waals surface area contributed by atoms with Gasteiger partial charge in [0.1, 0.15) is 5.75 Å². The van der Waals surface area contributed by atoms with E-state index in [9.17, 15) is 14.7 Å². The zero-order valence-electron chi connectivity index (χ0n) is 16.5. The molecule has 3 rings (SSSR count). The molecule has 0 saturated carbocycles. The third kappa shape index (κ3) is 3.29. The summed E-state index contributed by atoms with van der Waals surface area (Å²) in [4.78, 5) is 26.8. The van der Waals surface area contributed by atoms with Crippen molar-refractivity contribution in [3.8, 4) is 5.75 Å². The first kappa shape index (κ1) is 19.3. The summed E-state index contributed by atoms with van der Waals surface area (Å²) < 4.78 is 7.53. The molecule has 146 valence electrons. The number of methoxy groups -OCH3 is 1. The predicted molar refractivity (Wildman–Crippen MR) is 104 cm³/mol. The van der Waals surface area contributed by atoms with E-state index < -0.39 is 11.4 Å². The van der Waals surface area contributed by atoms with Crippen LogP contribution >= 0.6 is 0 Å². The number of carbonyl (C=O) groups excluding carboxylic acids is 1. The lowest BCUT2D eigenvalue weighted by molar-refractivity contribution is -0.150. The topological polar surface area (TPSA) is 71.8 Å². The molecule has 0 bridgehead atoms. The van der Waals surface area contributed by atoms with Gasteiger partial charge in [-0.1, -0.05) is 6.92 Å². The lowest BCUT2D eigenvalue weighted by Crippen LogP contribution is -2.48. The number of amides is 1. The van der Waals surface area contributed by atoms with E-state index in [-0.39, 0.29) is 12.5 Å². The zero-order valence-corrected chi connectivity index (χ0v) is 16.5. The Bertz CT molecular complexity index is 886. The first-order valence-electron chi connectivity index (χ1n) is 9.52. The molecule has 1 unspecified atom stereocenters. The maximum Gasteiger partial charge on any atom is 0.311 e. The second-order valence-corrected chi connectivity index (χ2v) is 7.69. The van der Waals surface area contributed by atoms with Crippen LogP contribution in [0.25, 0.3) is 10.9 Å². The Morgan fingerprint density at radius 1 is 1.33 bits per heavy atom. The third-order valence-corrected chi connectivity index (χ3v) is 5.69. The molecule has 1 saturated heterocycles. The number of aryl methyl sites for hydroxylation is 1. The molecule has 27 heavy (non-hydrogen) atoms. The highest BCUT2D eigenvalue weighted by Gasteiger charge is 2.40. The number of nitrogens with zero attached hydrogens (tertiary/aromatic N) is 2. The number of hydrogen-bond acceptors (Lipinski definition) is 3. The van der Waals surface area contributed by atoms with Crippen LogP contribution in [-0.4, -0.2) is 46.6 Å². The van der Waals surface area contributed by atoms with Crippen LogP contribution in [0.3, 0.4) is 0 Å². The first-order valence-corrected chi connectivity index (χ1v) is 9.52. The van der Waals surface area contributed by atoms with E-state index in [1.165, 1.54) is 0 Å². The molecule has 2 heterocycles. The highest BCUT2D eigenvalue weighted by atomic mass is 16.5. The Kier molecular flexibility index (Phi) is 5.18. The summed E-state index contributed by atoms with van der Waals surface area (Å²) in [6, 6.07) is 5.80. The monoisotopic (exact) mass is 372 g/mol. The van der Waals surface area contributed by atoms with Gasteiger partial charge in [-0.3, -0.25) is 9.59 Å². The van der Waals surface area contributed by atoms with Crippen molar-refractivity contribution in [3.05, 3.63) is 29.5 Å². The van der Waals surface area contributed by atoms with Crippen LogP contribution in [0.15, 0.2) is 18.2 Å². The molecule has 1 atom stereocenters. The Balaban J connectivity index is 2.08. The fourth-order valence-corrected chi connectivity index (χ4v) is 4.12. The van der Waals surface area contributed by atoms with E-state index in [0.717, 1.165) is 29.6 Å². The molecule has 1 aliphatic heterocycles. The molecular weight excluding hydrogens is 344 g/mol. The first-order chi connectivity index (χ1) is 12.8. The molecule has 1 aromatic heterocycles. The van der Waals surface area contributed by atoms with Crippen molar-refractivity contribution in [1.82, 2.24) is 9.47 Å². The maximum absolute atomic E-state index is 13.4. The van der Waals surface area contributed by atoms with Gasteiger partial charge in [0.15, 0.2) is 0 Å².